The quantitative estimate of drug-likeness (QED) is 0.747. The molecule has 1 rings (SSSR count). The number of hydrogen-bond donors (Lipinski definition) is 3. The minimum absolute atomic E-state index is 0.0926. The molecule has 0 spiro atoms. The third-order valence-corrected chi connectivity index (χ3v) is 2.25. The lowest BCUT2D eigenvalue weighted by Crippen LogP contribution is -2.32. The first-order valence-electron chi connectivity index (χ1n) is 5.87. The molecule has 0 aromatic heterocycles. The second-order valence-corrected chi connectivity index (χ2v) is 4.48. The van der Waals surface area contributed by atoms with E-state index in [-0.39, 0.29) is 17.9 Å². The number of carbonyl (C=O) groups excluding carboxylic acids is 2. The molecule has 0 saturated heterocycles. The SMILES string of the molecule is CC(C)NC(=O)c1ccc(NC(=O)[C@H](C)N)cc1. The standard InChI is InChI=1S/C13H19N3O2/c1-8(2)15-13(18)10-4-6-11(7-5-10)16-12(17)9(3)14/h4-9H,14H2,1-3H3,(H,15,18)(H,16,17)/t9-/m0/s1. The summed E-state index contributed by atoms with van der Waals surface area (Å²) in [6.45, 7) is 5.41. The van der Waals surface area contributed by atoms with Crippen LogP contribution in [0.25, 0.3) is 0 Å². The third-order valence-electron chi connectivity index (χ3n) is 2.25. The van der Waals surface area contributed by atoms with Crippen molar-refractivity contribution in [2.75, 3.05) is 5.32 Å². The van der Waals surface area contributed by atoms with Gasteiger partial charge in [0.15, 0.2) is 0 Å². The number of carbonyl (C=O) groups is 2. The fourth-order valence-corrected chi connectivity index (χ4v) is 1.31. The Morgan fingerprint density at radius 3 is 2.11 bits per heavy atom. The Kier molecular flexibility index (Phi) is 4.85. The van der Waals surface area contributed by atoms with Gasteiger partial charge in [0, 0.05) is 17.3 Å². The van der Waals surface area contributed by atoms with Crippen LogP contribution < -0.4 is 16.4 Å². The van der Waals surface area contributed by atoms with Crippen molar-refractivity contribution in [2.24, 2.45) is 5.73 Å². The van der Waals surface area contributed by atoms with Crippen molar-refractivity contribution >= 4 is 17.5 Å². The van der Waals surface area contributed by atoms with Gasteiger partial charge in [0.1, 0.15) is 0 Å². The molecule has 0 heterocycles. The van der Waals surface area contributed by atoms with E-state index in [1.807, 2.05) is 13.8 Å². The van der Waals surface area contributed by atoms with Gasteiger partial charge in [-0.25, -0.2) is 0 Å². The fraction of sp³-hybridized carbons (Fsp3) is 0.385. The smallest absolute Gasteiger partial charge is 0.251 e. The molecule has 1 aromatic rings. The molecule has 0 bridgehead atoms. The van der Waals surface area contributed by atoms with Crippen molar-refractivity contribution in [1.82, 2.24) is 5.32 Å². The largest absolute Gasteiger partial charge is 0.350 e. The van der Waals surface area contributed by atoms with Crippen molar-refractivity contribution in [1.29, 1.82) is 0 Å². The molecule has 5 heteroatoms. The Labute approximate surface area is 107 Å². The van der Waals surface area contributed by atoms with E-state index in [9.17, 15) is 9.59 Å². The van der Waals surface area contributed by atoms with Gasteiger partial charge in [-0.3, -0.25) is 9.59 Å². The summed E-state index contributed by atoms with van der Waals surface area (Å²) in [5.41, 5.74) is 6.62. The van der Waals surface area contributed by atoms with Crippen molar-refractivity contribution in [3.63, 3.8) is 0 Å². The van der Waals surface area contributed by atoms with Crippen LogP contribution in [0, 0.1) is 0 Å². The molecule has 0 unspecified atom stereocenters. The van der Waals surface area contributed by atoms with E-state index >= 15 is 0 Å². The molecule has 0 aliphatic carbocycles. The van der Waals surface area contributed by atoms with Gasteiger partial charge in [0.05, 0.1) is 6.04 Å². The number of benzene rings is 1. The predicted molar refractivity (Wildman–Crippen MR) is 71.3 cm³/mol. The summed E-state index contributed by atoms with van der Waals surface area (Å²) >= 11 is 0. The van der Waals surface area contributed by atoms with Gasteiger partial charge in [0.25, 0.3) is 5.91 Å². The van der Waals surface area contributed by atoms with Crippen molar-refractivity contribution in [3.8, 4) is 0 Å². The van der Waals surface area contributed by atoms with Crippen LogP contribution in [0.4, 0.5) is 5.69 Å². The maximum Gasteiger partial charge on any atom is 0.251 e. The first kappa shape index (κ1) is 14.2. The molecule has 1 atom stereocenters. The maximum atomic E-state index is 11.7. The van der Waals surface area contributed by atoms with E-state index in [1.54, 1.807) is 31.2 Å². The minimum atomic E-state index is -0.561. The lowest BCUT2D eigenvalue weighted by atomic mass is 10.2. The average molecular weight is 249 g/mol. The Hall–Kier alpha value is -1.88. The topological polar surface area (TPSA) is 84.2 Å². The molecule has 0 aliphatic rings. The number of nitrogens with one attached hydrogen (secondary N) is 2. The number of nitrogens with two attached hydrogens (primary N) is 1. The summed E-state index contributed by atoms with van der Waals surface area (Å²) in [6.07, 6.45) is 0. The van der Waals surface area contributed by atoms with E-state index < -0.39 is 6.04 Å². The fourth-order valence-electron chi connectivity index (χ4n) is 1.31. The lowest BCUT2D eigenvalue weighted by Gasteiger charge is -2.10. The second-order valence-electron chi connectivity index (χ2n) is 4.48. The zero-order valence-corrected chi connectivity index (χ0v) is 10.9. The van der Waals surface area contributed by atoms with Gasteiger partial charge in [-0.05, 0) is 45.0 Å². The van der Waals surface area contributed by atoms with E-state index in [4.69, 9.17) is 5.73 Å². The molecular weight excluding hydrogens is 230 g/mol. The van der Waals surface area contributed by atoms with Crippen LogP contribution in [0.15, 0.2) is 24.3 Å². The summed E-state index contributed by atoms with van der Waals surface area (Å²) in [4.78, 5) is 23.0. The third kappa shape index (κ3) is 4.18. The number of anilines is 1. The highest BCUT2D eigenvalue weighted by Gasteiger charge is 2.09. The molecule has 1 aromatic carbocycles. The van der Waals surface area contributed by atoms with Crippen molar-refractivity contribution in [3.05, 3.63) is 29.8 Å². The van der Waals surface area contributed by atoms with Gasteiger partial charge in [0.2, 0.25) is 5.91 Å². The monoisotopic (exact) mass is 249 g/mol. The Morgan fingerprint density at radius 1 is 1.11 bits per heavy atom. The Bertz CT molecular complexity index is 424. The molecule has 0 fully saturated rings. The van der Waals surface area contributed by atoms with Gasteiger partial charge in [-0.2, -0.15) is 0 Å². The van der Waals surface area contributed by atoms with Gasteiger partial charge < -0.3 is 16.4 Å². The number of amides is 2. The molecule has 0 saturated carbocycles. The summed E-state index contributed by atoms with van der Waals surface area (Å²) < 4.78 is 0. The molecule has 5 nitrogen and oxygen atoms in total. The Balaban J connectivity index is 2.68. The van der Waals surface area contributed by atoms with E-state index in [0.717, 1.165) is 0 Å². The molecule has 0 radical (unpaired) electrons. The molecule has 18 heavy (non-hydrogen) atoms. The Morgan fingerprint density at radius 2 is 1.67 bits per heavy atom. The molecule has 0 aliphatic heterocycles. The summed E-state index contributed by atoms with van der Waals surface area (Å²) in [5, 5.41) is 5.44. The molecule has 4 N–H and O–H groups in total. The minimum Gasteiger partial charge on any atom is -0.350 e. The average Bonchev–Trinajstić information content (AvgIpc) is 2.28. The van der Waals surface area contributed by atoms with Crippen LogP contribution in [-0.4, -0.2) is 23.9 Å². The summed E-state index contributed by atoms with van der Waals surface area (Å²) in [5.74, 6) is -0.385. The normalized spacial score (nSPS) is 12.1. The zero-order chi connectivity index (χ0) is 13.7. The van der Waals surface area contributed by atoms with Crippen LogP contribution in [0.2, 0.25) is 0 Å². The van der Waals surface area contributed by atoms with E-state index in [0.29, 0.717) is 11.3 Å². The van der Waals surface area contributed by atoms with Crippen LogP contribution in [0.3, 0.4) is 0 Å². The van der Waals surface area contributed by atoms with Gasteiger partial charge >= 0.3 is 0 Å². The van der Waals surface area contributed by atoms with Gasteiger partial charge in [-0.1, -0.05) is 0 Å². The van der Waals surface area contributed by atoms with Crippen LogP contribution in [0.5, 0.6) is 0 Å². The number of rotatable bonds is 4. The maximum absolute atomic E-state index is 11.7. The van der Waals surface area contributed by atoms with Crippen LogP contribution in [-0.2, 0) is 4.79 Å². The van der Waals surface area contributed by atoms with E-state index in [2.05, 4.69) is 10.6 Å². The summed E-state index contributed by atoms with van der Waals surface area (Å²) in [7, 11) is 0. The summed E-state index contributed by atoms with van der Waals surface area (Å²) in [6, 6.07) is 6.21. The highest BCUT2D eigenvalue weighted by molar-refractivity contribution is 5.97. The van der Waals surface area contributed by atoms with Gasteiger partial charge in [-0.15, -0.1) is 0 Å². The molecular formula is C13H19N3O2. The van der Waals surface area contributed by atoms with Crippen LogP contribution >= 0.6 is 0 Å². The van der Waals surface area contributed by atoms with E-state index in [1.165, 1.54) is 0 Å². The lowest BCUT2D eigenvalue weighted by molar-refractivity contribution is -0.117. The van der Waals surface area contributed by atoms with Crippen LogP contribution in [0.1, 0.15) is 31.1 Å². The first-order chi connectivity index (χ1) is 8.40. The molecule has 2 amide bonds. The highest BCUT2D eigenvalue weighted by Crippen LogP contribution is 2.10. The number of hydrogen-bond acceptors (Lipinski definition) is 3. The highest BCUT2D eigenvalue weighted by atomic mass is 16.2. The predicted octanol–water partition coefficient (Wildman–Crippen LogP) is 1.11. The molecule has 98 valence electrons. The first-order valence-corrected chi connectivity index (χ1v) is 5.87. The van der Waals surface area contributed by atoms with Crippen molar-refractivity contribution < 1.29 is 9.59 Å². The van der Waals surface area contributed by atoms with Crippen molar-refractivity contribution in [2.45, 2.75) is 32.9 Å². The second kappa shape index (κ2) is 6.16. The zero-order valence-electron chi connectivity index (χ0n) is 10.9.